The Morgan fingerprint density at radius 2 is 1.48 bits per heavy atom. The van der Waals surface area contributed by atoms with Crippen molar-refractivity contribution in [3.8, 4) is 0 Å². The summed E-state index contributed by atoms with van der Waals surface area (Å²) in [5.41, 5.74) is 0. The van der Waals surface area contributed by atoms with E-state index in [0.717, 1.165) is 0 Å². The molecule has 0 aromatic rings. The number of hydrogen-bond acceptors (Lipinski definition) is 10. The summed E-state index contributed by atoms with van der Waals surface area (Å²) in [5.74, 6) is -1.35. The third-order valence-corrected chi connectivity index (χ3v) is 3.96. The van der Waals surface area contributed by atoms with Gasteiger partial charge in [0.2, 0.25) is 5.91 Å². The second-order valence-corrected chi connectivity index (χ2v) is 6.28. The highest BCUT2D eigenvalue weighted by Gasteiger charge is 2.45. The van der Waals surface area contributed by atoms with Crippen LogP contribution in [0.2, 0.25) is 0 Å². The van der Waals surface area contributed by atoms with Crippen molar-refractivity contribution in [1.29, 1.82) is 0 Å². The van der Waals surface area contributed by atoms with E-state index in [1.807, 2.05) is 0 Å². The minimum absolute atomic E-state index is 0.0499. The van der Waals surface area contributed by atoms with Gasteiger partial charge >= 0.3 is 5.97 Å². The van der Waals surface area contributed by atoms with E-state index in [2.05, 4.69) is 5.32 Å². The molecule has 1 amide bonds. The van der Waals surface area contributed by atoms with Crippen LogP contribution in [0.5, 0.6) is 0 Å². The Kier molecular flexibility index (Phi) is 12.9. The molecule has 0 bridgehead atoms. The number of aliphatic carboxylic acids is 1. The molecule has 0 saturated carbocycles. The van der Waals surface area contributed by atoms with E-state index in [0.29, 0.717) is 26.4 Å². The summed E-state index contributed by atoms with van der Waals surface area (Å²) >= 11 is 0. The standard InChI is InChI=1S/C17H31NO11/c1-11(20)18-14-16(24)15(23)12(10-19)29-17(14)28-9-8-27-7-6-26-5-4-25-3-2-13(21)22/h12,14-17,19,23-24H,2-10H2,1H3,(H,18,20)(H,21,22)/t12-,14-,15-,16-,17-/m1/s1. The SMILES string of the molecule is CC(=O)N[C@H]1[C@H](OCCOCCOCCOCCC(=O)O)O[C@H](CO)[C@@H](O)[C@@H]1O. The molecule has 0 spiro atoms. The van der Waals surface area contributed by atoms with Crippen molar-refractivity contribution >= 4 is 11.9 Å². The monoisotopic (exact) mass is 425 g/mol. The summed E-state index contributed by atoms with van der Waals surface area (Å²) in [6.07, 6.45) is -4.87. The topological polar surface area (TPSA) is 173 Å². The van der Waals surface area contributed by atoms with Gasteiger partial charge in [-0.3, -0.25) is 9.59 Å². The Balaban J connectivity index is 2.16. The van der Waals surface area contributed by atoms with Crippen LogP contribution < -0.4 is 5.32 Å². The highest BCUT2D eigenvalue weighted by atomic mass is 16.7. The largest absolute Gasteiger partial charge is 0.481 e. The minimum atomic E-state index is -1.36. The number of carboxylic acid groups (broad SMARTS) is 1. The highest BCUT2D eigenvalue weighted by molar-refractivity contribution is 5.73. The first-order valence-corrected chi connectivity index (χ1v) is 9.33. The number of hydrogen-bond donors (Lipinski definition) is 5. The summed E-state index contributed by atoms with van der Waals surface area (Å²) < 4.78 is 26.5. The van der Waals surface area contributed by atoms with Crippen molar-refractivity contribution in [2.75, 3.05) is 52.9 Å². The van der Waals surface area contributed by atoms with Gasteiger partial charge in [-0.05, 0) is 0 Å². The molecule has 29 heavy (non-hydrogen) atoms. The first-order valence-electron chi connectivity index (χ1n) is 9.33. The number of carbonyl (C=O) groups is 2. The Morgan fingerprint density at radius 1 is 0.931 bits per heavy atom. The summed E-state index contributed by atoms with van der Waals surface area (Å²) in [5, 5.41) is 40.2. The average Bonchev–Trinajstić information content (AvgIpc) is 2.67. The fraction of sp³-hybridized carbons (Fsp3) is 0.882. The number of aliphatic hydroxyl groups excluding tert-OH is 3. The molecular formula is C17H31NO11. The predicted octanol–water partition coefficient (Wildman–Crippen LogP) is -2.53. The fourth-order valence-electron chi connectivity index (χ4n) is 2.54. The number of amides is 1. The Bertz CT molecular complexity index is 478. The Hall–Kier alpha value is -1.38. The normalized spacial score (nSPS) is 27.0. The zero-order valence-corrected chi connectivity index (χ0v) is 16.4. The van der Waals surface area contributed by atoms with Gasteiger partial charge in [-0.2, -0.15) is 0 Å². The average molecular weight is 425 g/mol. The molecule has 1 aliphatic rings. The number of ether oxygens (including phenoxy) is 5. The van der Waals surface area contributed by atoms with Crippen molar-refractivity contribution in [2.45, 2.75) is 44.0 Å². The van der Waals surface area contributed by atoms with Gasteiger partial charge in [0.25, 0.3) is 0 Å². The van der Waals surface area contributed by atoms with Crippen molar-refractivity contribution in [3.05, 3.63) is 0 Å². The molecule has 5 atom stereocenters. The van der Waals surface area contributed by atoms with Gasteiger partial charge in [0.15, 0.2) is 6.29 Å². The summed E-state index contributed by atoms with van der Waals surface area (Å²) in [4.78, 5) is 21.6. The molecule has 170 valence electrons. The lowest BCUT2D eigenvalue weighted by Gasteiger charge is -2.42. The van der Waals surface area contributed by atoms with E-state index in [-0.39, 0.29) is 26.2 Å². The van der Waals surface area contributed by atoms with E-state index < -0.39 is 49.1 Å². The van der Waals surface area contributed by atoms with Gasteiger partial charge in [0.1, 0.15) is 24.4 Å². The first-order chi connectivity index (χ1) is 13.9. The van der Waals surface area contributed by atoms with Crippen LogP contribution in [0.1, 0.15) is 13.3 Å². The van der Waals surface area contributed by atoms with Crippen LogP contribution in [0.3, 0.4) is 0 Å². The van der Waals surface area contributed by atoms with Crippen molar-refractivity contribution in [1.82, 2.24) is 5.32 Å². The van der Waals surface area contributed by atoms with Gasteiger partial charge in [-0.1, -0.05) is 0 Å². The number of nitrogens with one attached hydrogen (secondary N) is 1. The van der Waals surface area contributed by atoms with Crippen molar-refractivity contribution in [2.24, 2.45) is 0 Å². The second kappa shape index (κ2) is 14.6. The summed E-state index contributed by atoms with van der Waals surface area (Å²) in [6.45, 7) is 2.36. The quantitative estimate of drug-likeness (QED) is 0.175. The van der Waals surface area contributed by atoms with Crippen LogP contribution >= 0.6 is 0 Å². The number of aliphatic hydroxyl groups is 3. The molecule has 1 fully saturated rings. The van der Waals surface area contributed by atoms with E-state index in [9.17, 15) is 24.9 Å². The van der Waals surface area contributed by atoms with Crippen LogP contribution in [-0.4, -0.2) is 116 Å². The Morgan fingerprint density at radius 3 is 2.00 bits per heavy atom. The van der Waals surface area contributed by atoms with E-state index >= 15 is 0 Å². The van der Waals surface area contributed by atoms with Crippen LogP contribution in [0.15, 0.2) is 0 Å². The highest BCUT2D eigenvalue weighted by Crippen LogP contribution is 2.22. The maximum absolute atomic E-state index is 11.3. The molecule has 1 saturated heterocycles. The minimum Gasteiger partial charge on any atom is -0.481 e. The van der Waals surface area contributed by atoms with E-state index in [1.54, 1.807) is 0 Å². The molecule has 0 aliphatic carbocycles. The van der Waals surface area contributed by atoms with Gasteiger partial charge in [-0.15, -0.1) is 0 Å². The van der Waals surface area contributed by atoms with Gasteiger partial charge < -0.3 is 49.4 Å². The first kappa shape index (κ1) is 25.7. The number of carbonyl (C=O) groups excluding carboxylic acids is 1. The third-order valence-electron chi connectivity index (χ3n) is 3.96. The van der Waals surface area contributed by atoms with Crippen LogP contribution in [0.4, 0.5) is 0 Å². The van der Waals surface area contributed by atoms with Crippen LogP contribution in [-0.2, 0) is 33.3 Å². The molecule has 0 aromatic carbocycles. The number of rotatable bonds is 15. The third kappa shape index (κ3) is 10.3. The molecule has 12 nitrogen and oxygen atoms in total. The lowest BCUT2D eigenvalue weighted by molar-refractivity contribution is -0.272. The molecule has 1 rings (SSSR count). The second-order valence-electron chi connectivity index (χ2n) is 6.28. The zero-order valence-electron chi connectivity index (χ0n) is 16.4. The summed E-state index contributed by atoms with van der Waals surface area (Å²) in [7, 11) is 0. The lowest BCUT2D eigenvalue weighted by atomic mass is 9.97. The maximum atomic E-state index is 11.3. The zero-order chi connectivity index (χ0) is 21.6. The summed E-state index contributed by atoms with van der Waals surface area (Å²) in [6, 6.07) is -0.991. The smallest absolute Gasteiger partial charge is 0.305 e. The van der Waals surface area contributed by atoms with E-state index in [4.69, 9.17) is 28.8 Å². The van der Waals surface area contributed by atoms with Gasteiger partial charge in [-0.25, -0.2) is 0 Å². The Labute approximate surface area is 168 Å². The lowest BCUT2D eigenvalue weighted by Crippen LogP contribution is -2.64. The molecule has 0 unspecified atom stereocenters. The molecule has 0 radical (unpaired) electrons. The van der Waals surface area contributed by atoms with Crippen LogP contribution in [0, 0.1) is 0 Å². The molecule has 5 N–H and O–H groups in total. The maximum Gasteiger partial charge on any atom is 0.305 e. The van der Waals surface area contributed by atoms with Crippen molar-refractivity contribution in [3.63, 3.8) is 0 Å². The predicted molar refractivity (Wildman–Crippen MR) is 96.0 cm³/mol. The number of carboxylic acids is 1. The van der Waals surface area contributed by atoms with Gasteiger partial charge in [0, 0.05) is 6.92 Å². The molecular weight excluding hydrogens is 394 g/mol. The van der Waals surface area contributed by atoms with Gasteiger partial charge in [0.05, 0.1) is 59.3 Å². The van der Waals surface area contributed by atoms with Crippen LogP contribution in [0.25, 0.3) is 0 Å². The van der Waals surface area contributed by atoms with E-state index in [1.165, 1.54) is 6.92 Å². The fourth-order valence-corrected chi connectivity index (χ4v) is 2.54. The van der Waals surface area contributed by atoms with Crippen molar-refractivity contribution < 1.29 is 53.7 Å². The molecule has 1 aliphatic heterocycles. The molecule has 1 heterocycles. The molecule has 12 heteroatoms. The molecule has 0 aromatic heterocycles.